The number of benzene rings is 3. The monoisotopic (exact) mass is 439 g/mol. The van der Waals surface area contributed by atoms with Gasteiger partial charge in [-0.3, -0.25) is 25.0 Å². The van der Waals surface area contributed by atoms with E-state index in [4.69, 9.17) is 0 Å². The van der Waals surface area contributed by atoms with Crippen LogP contribution < -0.4 is 5.32 Å². The number of carbonyl (C=O) groups is 2. The lowest BCUT2D eigenvalue weighted by molar-refractivity contribution is -0.396. The molecule has 11 nitrogen and oxygen atoms in total. The van der Waals surface area contributed by atoms with E-state index in [2.05, 4.69) is 5.32 Å². The SMILES string of the molecule is O=C(Cc1cccc2ccccc12)N[C@@H](Cc1cc([N+](=O)[O-])c(O)c([N+](=O)[O-])c1)C(=O)O. The number of carboxylic acids is 1. The van der Waals surface area contributed by atoms with Gasteiger partial charge in [0.25, 0.3) is 5.75 Å². The minimum Gasteiger partial charge on any atom is -0.497 e. The molecule has 0 fully saturated rings. The summed E-state index contributed by atoms with van der Waals surface area (Å²) < 4.78 is 0. The van der Waals surface area contributed by atoms with E-state index in [1.54, 1.807) is 12.1 Å². The highest BCUT2D eigenvalue weighted by Crippen LogP contribution is 2.37. The molecule has 0 aliphatic carbocycles. The van der Waals surface area contributed by atoms with Crippen molar-refractivity contribution in [2.24, 2.45) is 0 Å². The molecule has 0 unspecified atom stereocenters. The number of amides is 1. The normalized spacial score (nSPS) is 11.6. The summed E-state index contributed by atoms with van der Waals surface area (Å²) in [6.45, 7) is 0. The third kappa shape index (κ3) is 4.78. The quantitative estimate of drug-likeness (QED) is 0.355. The van der Waals surface area contributed by atoms with Gasteiger partial charge in [-0.25, -0.2) is 4.79 Å². The van der Waals surface area contributed by atoms with Crippen molar-refractivity contribution in [2.45, 2.75) is 18.9 Å². The molecule has 0 aliphatic rings. The highest BCUT2D eigenvalue weighted by molar-refractivity contribution is 5.91. The van der Waals surface area contributed by atoms with E-state index in [0.29, 0.717) is 5.56 Å². The number of carboxylic acid groups (broad SMARTS) is 1. The minimum absolute atomic E-state index is 0.0981. The summed E-state index contributed by atoms with van der Waals surface area (Å²) in [6.07, 6.45) is -0.570. The number of fused-ring (bicyclic) bond motifs is 1. The lowest BCUT2D eigenvalue weighted by Crippen LogP contribution is -2.43. The number of aliphatic carboxylic acids is 1. The number of phenols is 1. The maximum absolute atomic E-state index is 12.5. The van der Waals surface area contributed by atoms with E-state index < -0.39 is 51.3 Å². The van der Waals surface area contributed by atoms with Gasteiger partial charge in [0.2, 0.25) is 5.91 Å². The van der Waals surface area contributed by atoms with Crippen LogP contribution in [0.4, 0.5) is 11.4 Å². The molecule has 1 atom stereocenters. The maximum Gasteiger partial charge on any atom is 0.326 e. The molecule has 0 saturated carbocycles. The van der Waals surface area contributed by atoms with Crippen molar-refractivity contribution in [1.82, 2.24) is 5.32 Å². The zero-order valence-corrected chi connectivity index (χ0v) is 16.4. The Morgan fingerprint density at radius 1 is 0.969 bits per heavy atom. The molecule has 32 heavy (non-hydrogen) atoms. The van der Waals surface area contributed by atoms with Crippen molar-refractivity contribution >= 4 is 34.0 Å². The van der Waals surface area contributed by atoms with E-state index >= 15 is 0 Å². The first-order valence-corrected chi connectivity index (χ1v) is 9.31. The van der Waals surface area contributed by atoms with Crippen LogP contribution in [0.2, 0.25) is 0 Å². The number of aromatic hydroxyl groups is 1. The molecule has 3 aromatic carbocycles. The number of nitro groups is 2. The zero-order chi connectivity index (χ0) is 23.4. The topological polar surface area (TPSA) is 173 Å². The summed E-state index contributed by atoms with van der Waals surface area (Å²) in [6, 6.07) is 12.9. The van der Waals surface area contributed by atoms with Crippen LogP contribution in [-0.4, -0.2) is 38.0 Å². The Morgan fingerprint density at radius 3 is 2.16 bits per heavy atom. The number of nitrogens with one attached hydrogen (secondary N) is 1. The standard InChI is InChI=1S/C21H17N3O8/c25-19(11-14-6-3-5-13-4-1-2-7-15(13)14)22-16(21(27)28)8-12-9-17(23(29)30)20(26)18(10-12)24(31)32/h1-7,9-10,16,26H,8,11H2,(H,22,25)(H,27,28)/t16-/m0/s1. The molecular formula is C21H17N3O8. The second-order valence-electron chi connectivity index (χ2n) is 6.97. The van der Waals surface area contributed by atoms with Crippen molar-refractivity contribution in [3.05, 3.63) is 86.0 Å². The van der Waals surface area contributed by atoms with Gasteiger partial charge in [0.05, 0.1) is 16.3 Å². The molecule has 164 valence electrons. The number of nitro benzene ring substituents is 2. The molecule has 0 aromatic heterocycles. The summed E-state index contributed by atoms with van der Waals surface area (Å²) in [5.41, 5.74) is -1.28. The average Bonchev–Trinajstić information content (AvgIpc) is 2.74. The third-order valence-corrected chi connectivity index (χ3v) is 4.83. The Bertz CT molecular complexity index is 1200. The van der Waals surface area contributed by atoms with E-state index in [1.165, 1.54) is 0 Å². The van der Waals surface area contributed by atoms with Crippen LogP contribution >= 0.6 is 0 Å². The number of carbonyl (C=O) groups excluding carboxylic acids is 1. The summed E-state index contributed by atoms with van der Waals surface area (Å²) >= 11 is 0. The number of hydrogen-bond acceptors (Lipinski definition) is 7. The van der Waals surface area contributed by atoms with E-state index in [9.17, 15) is 40.0 Å². The van der Waals surface area contributed by atoms with Gasteiger partial charge in [0.1, 0.15) is 6.04 Å². The second kappa shape index (κ2) is 9.08. The van der Waals surface area contributed by atoms with Crippen LogP contribution in [0.15, 0.2) is 54.6 Å². The van der Waals surface area contributed by atoms with Gasteiger partial charge < -0.3 is 15.5 Å². The van der Waals surface area contributed by atoms with Crippen LogP contribution in [0.5, 0.6) is 5.75 Å². The Hall–Kier alpha value is -4.54. The molecule has 11 heteroatoms. The predicted octanol–water partition coefficient (Wildman–Crippen LogP) is 2.72. The molecular weight excluding hydrogens is 422 g/mol. The van der Waals surface area contributed by atoms with E-state index in [1.807, 2.05) is 30.3 Å². The van der Waals surface area contributed by atoms with Crippen LogP contribution in [0.25, 0.3) is 10.8 Å². The molecule has 1 amide bonds. The summed E-state index contributed by atoms with van der Waals surface area (Å²) in [4.78, 5) is 44.4. The molecule has 3 aromatic rings. The average molecular weight is 439 g/mol. The van der Waals surface area contributed by atoms with Gasteiger partial charge >= 0.3 is 17.3 Å². The first-order valence-electron chi connectivity index (χ1n) is 9.31. The van der Waals surface area contributed by atoms with Crippen molar-refractivity contribution in [1.29, 1.82) is 0 Å². The number of phenolic OH excluding ortho intramolecular Hbond substituents is 1. The minimum atomic E-state index is -1.50. The Balaban J connectivity index is 1.83. The molecule has 0 aliphatic heterocycles. The van der Waals surface area contributed by atoms with Gasteiger partial charge in [0.15, 0.2) is 0 Å². The summed E-state index contributed by atoms with van der Waals surface area (Å²) in [7, 11) is 0. The number of hydrogen-bond donors (Lipinski definition) is 3. The third-order valence-electron chi connectivity index (χ3n) is 4.83. The van der Waals surface area contributed by atoms with Crippen molar-refractivity contribution in [2.75, 3.05) is 0 Å². The molecule has 3 N–H and O–H groups in total. The molecule has 0 heterocycles. The summed E-state index contributed by atoms with van der Waals surface area (Å²) in [5, 5.41) is 45.5. The lowest BCUT2D eigenvalue weighted by Gasteiger charge is -2.15. The number of nitrogens with zero attached hydrogens (tertiary/aromatic N) is 2. The second-order valence-corrected chi connectivity index (χ2v) is 6.97. The lowest BCUT2D eigenvalue weighted by atomic mass is 10.0. The first kappa shape index (κ1) is 22.2. The molecule has 3 rings (SSSR count). The van der Waals surface area contributed by atoms with Crippen LogP contribution in [0.3, 0.4) is 0 Å². The van der Waals surface area contributed by atoms with Crippen molar-refractivity contribution in [3.63, 3.8) is 0 Å². The first-order chi connectivity index (χ1) is 15.2. The fourth-order valence-electron chi connectivity index (χ4n) is 3.36. The van der Waals surface area contributed by atoms with Gasteiger partial charge in [0, 0.05) is 18.6 Å². The van der Waals surface area contributed by atoms with Crippen LogP contribution in [0, 0.1) is 20.2 Å². The molecule has 0 spiro atoms. The molecule has 0 saturated heterocycles. The predicted molar refractivity (Wildman–Crippen MR) is 112 cm³/mol. The fourth-order valence-corrected chi connectivity index (χ4v) is 3.36. The number of rotatable bonds is 8. The zero-order valence-electron chi connectivity index (χ0n) is 16.4. The van der Waals surface area contributed by atoms with Gasteiger partial charge in [-0.2, -0.15) is 0 Å². The largest absolute Gasteiger partial charge is 0.497 e. The molecule has 0 radical (unpaired) electrons. The van der Waals surface area contributed by atoms with Gasteiger partial charge in [-0.15, -0.1) is 0 Å². The van der Waals surface area contributed by atoms with Crippen molar-refractivity contribution in [3.8, 4) is 5.75 Å². The Kier molecular flexibility index (Phi) is 6.29. The Morgan fingerprint density at radius 2 is 1.56 bits per heavy atom. The van der Waals surface area contributed by atoms with Crippen molar-refractivity contribution < 1.29 is 29.6 Å². The Labute approximate surface area is 180 Å². The smallest absolute Gasteiger partial charge is 0.326 e. The highest BCUT2D eigenvalue weighted by Gasteiger charge is 2.29. The van der Waals surface area contributed by atoms with E-state index in [-0.39, 0.29) is 12.0 Å². The van der Waals surface area contributed by atoms with Crippen LogP contribution in [0.1, 0.15) is 11.1 Å². The highest BCUT2D eigenvalue weighted by atomic mass is 16.6. The van der Waals surface area contributed by atoms with Gasteiger partial charge in [-0.1, -0.05) is 42.5 Å². The summed E-state index contributed by atoms with van der Waals surface area (Å²) in [5.74, 6) is -3.15. The fraction of sp³-hybridized carbons (Fsp3) is 0.143. The maximum atomic E-state index is 12.5. The molecule has 0 bridgehead atoms. The van der Waals surface area contributed by atoms with Gasteiger partial charge in [-0.05, 0) is 21.9 Å². The van der Waals surface area contributed by atoms with E-state index in [0.717, 1.165) is 22.9 Å². The van der Waals surface area contributed by atoms with Crippen LogP contribution in [-0.2, 0) is 22.4 Å².